The van der Waals surface area contributed by atoms with Crippen molar-refractivity contribution in [2.45, 2.75) is 45.1 Å². The second kappa shape index (κ2) is 6.66. The summed E-state index contributed by atoms with van der Waals surface area (Å²) >= 11 is 0. The number of nitrogens with one attached hydrogen (secondary N) is 1. The molecule has 26 heavy (non-hydrogen) atoms. The van der Waals surface area contributed by atoms with Crippen LogP contribution in [0.5, 0.6) is 0 Å². The highest BCUT2D eigenvalue weighted by Crippen LogP contribution is 2.45. The van der Waals surface area contributed by atoms with E-state index in [0.717, 1.165) is 38.6 Å². The van der Waals surface area contributed by atoms with E-state index in [-0.39, 0.29) is 12.5 Å². The van der Waals surface area contributed by atoms with Crippen molar-refractivity contribution in [3.8, 4) is 0 Å². The van der Waals surface area contributed by atoms with Gasteiger partial charge in [0.15, 0.2) is 0 Å². The van der Waals surface area contributed by atoms with Crippen LogP contribution in [0.3, 0.4) is 0 Å². The smallest absolute Gasteiger partial charge is 0.264 e. The lowest BCUT2D eigenvalue weighted by molar-refractivity contribution is 0.0639. The normalized spacial score (nSPS) is 26.2. The van der Waals surface area contributed by atoms with Crippen molar-refractivity contribution in [2.75, 3.05) is 26.0 Å². The predicted octanol–water partition coefficient (Wildman–Crippen LogP) is 3.19. The minimum absolute atomic E-state index is 0.245. The summed E-state index contributed by atoms with van der Waals surface area (Å²) in [6.45, 7) is 6.64. The predicted molar refractivity (Wildman–Crippen MR) is 104 cm³/mol. The van der Waals surface area contributed by atoms with E-state index in [4.69, 9.17) is 4.18 Å². The van der Waals surface area contributed by atoms with Crippen LogP contribution in [-0.4, -0.2) is 50.3 Å². The molecule has 2 aromatic rings. The van der Waals surface area contributed by atoms with Gasteiger partial charge in [-0.2, -0.15) is 8.42 Å². The molecule has 1 aromatic heterocycles. The molecule has 1 fully saturated rings. The Labute approximate surface area is 155 Å². The zero-order valence-electron chi connectivity index (χ0n) is 15.8. The first-order chi connectivity index (χ1) is 12.4. The summed E-state index contributed by atoms with van der Waals surface area (Å²) in [6.07, 6.45) is 4.31. The summed E-state index contributed by atoms with van der Waals surface area (Å²) in [6, 6.07) is 7.06. The zero-order valence-corrected chi connectivity index (χ0v) is 16.6. The van der Waals surface area contributed by atoms with E-state index in [9.17, 15) is 8.42 Å². The van der Waals surface area contributed by atoms with E-state index in [1.807, 2.05) is 0 Å². The Morgan fingerprint density at radius 2 is 2.15 bits per heavy atom. The van der Waals surface area contributed by atoms with Crippen LogP contribution in [0.2, 0.25) is 0 Å². The third-order valence-corrected chi connectivity index (χ3v) is 6.59. The van der Waals surface area contributed by atoms with E-state index in [2.05, 4.69) is 41.9 Å². The Morgan fingerprint density at radius 3 is 2.88 bits per heavy atom. The van der Waals surface area contributed by atoms with E-state index in [1.54, 1.807) is 0 Å². The number of hydrogen-bond donors (Lipinski definition) is 1. The first-order valence-electron chi connectivity index (χ1n) is 9.56. The summed E-state index contributed by atoms with van der Waals surface area (Å²) < 4.78 is 28.0. The number of aromatic nitrogens is 1. The monoisotopic (exact) mass is 376 g/mol. The Morgan fingerprint density at radius 1 is 1.35 bits per heavy atom. The van der Waals surface area contributed by atoms with Crippen molar-refractivity contribution in [3.63, 3.8) is 0 Å². The minimum Gasteiger partial charge on any atom is -0.358 e. The second-order valence-corrected chi connectivity index (χ2v) is 9.61. The Bertz CT molecular complexity index is 919. The molecule has 1 N–H and O–H groups in total. The standard InChI is InChI=1S/C20H28N2O3S/c1-4-8-22-11-14(12-25-26(3,23)24)9-17-15-6-5-7-18-20(15)16(10-19(17)22)13(2)21-18/h5-7,14,17,19,21H,4,8-12H2,1-3H3/t14?,17-,19-/m1/s1. The molecule has 1 saturated heterocycles. The summed E-state index contributed by atoms with van der Waals surface area (Å²) in [7, 11) is -3.39. The number of hydrogen-bond acceptors (Lipinski definition) is 4. The van der Waals surface area contributed by atoms with Crippen LogP contribution in [0.4, 0.5) is 0 Å². The average molecular weight is 377 g/mol. The number of likely N-dealkylation sites (tertiary alicyclic amines) is 1. The molecule has 0 radical (unpaired) electrons. The van der Waals surface area contributed by atoms with Gasteiger partial charge in [-0.3, -0.25) is 9.08 Å². The Kier molecular flexibility index (Phi) is 4.61. The maximum atomic E-state index is 11.4. The van der Waals surface area contributed by atoms with Gasteiger partial charge in [-0.05, 0) is 55.8 Å². The highest BCUT2D eigenvalue weighted by molar-refractivity contribution is 7.85. The second-order valence-electron chi connectivity index (χ2n) is 7.96. The van der Waals surface area contributed by atoms with Gasteiger partial charge in [0.05, 0.1) is 12.9 Å². The highest BCUT2D eigenvalue weighted by Gasteiger charge is 2.41. The third-order valence-electron chi connectivity index (χ3n) is 6.03. The molecule has 1 aliphatic heterocycles. The molecule has 3 atom stereocenters. The molecule has 6 heteroatoms. The topological polar surface area (TPSA) is 62.4 Å². The van der Waals surface area contributed by atoms with Crippen LogP contribution in [-0.2, 0) is 20.7 Å². The molecule has 4 rings (SSSR count). The molecule has 1 aliphatic carbocycles. The molecule has 2 aliphatic rings. The number of piperidine rings is 1. The van der Waals surface area contributed by atoms with Crippen LogP contribution in [0.25, 0.3) is 10.9 Å². The van der Waals surface area contributed by atoms with E-state index < -0.39 is 10.1 Å². The van der Waals surface area contributed by atoms with Crippen molar-refractivity contribution in [3.05, 3.63) is 35.0 Å². The molecular weight excluding hydrogens is 348 g/mol. The molecule has 142 valence electrons. The van der Waals surface area contributed by atoms with Gasteiger partial charge in [0.2, 0.25) is 0 Å². The largest absolute Gasteiger partial charge is 0.358 e. The number of aryl methyl sites for hydroxylation is 1. The number of aromatic amines is 1. The van der Waals surface area contributed by atoms with E-state index in [0.29, 0.717) is 12.0 Å². The van der Waals surface area contributed by atoms with Gasteiger partial charge in [0.25, 0.3) is 10.1 Å². The zero-order chi connectivity index (χ0) is 18.5. The van der Waals surface area contributed by atoms with Gasteiger partial charge < -0.3 is 4.98 Å². The molecule has 0 bridgehead atoms. The first kappa shape index (κ1) is 18.0. The number of H-pyrrole nitrogens is 1. The van der Waals surface area contributed by atoms with Crippen molar-refractivity contribution < 1.29 is 12.6 Å². The first-order valence-corrected chi connectivity index (χ1v) is 11.4. The van der Waals surface area contributed by atoms with Gasteiger partial charge in [-0.1, -0.05) is 19.1 Å². The van der Waals surface area contributed by atoms with Crippen molar-refractivity contribution >= 4 is 21.0 Å². The lowest BCUT2D eigenvalue weighted by Crippen LogP contribution is -2.51. The molecule has 1 unspecified atom stereocenters. The fourth-order valence-electron chi connectivity index (χ4n) is 5.05. The highest BCUT2D eigenvalue weighted by atomic mass is 32.2. The minimum atomic E-state index is -3.39. The maximum Gasteiger partial charge on any atom is 0.264 e. The van der Waals surface area contributed by atoms with Crippen LogP contribution in [0.1, 0.15) is 42.5 Å². The molecular formula is C20H28N2O3S. The summed E-state index contributed by atoms with van der Waals surface area (Å²) in [4.78, 5) is 6.12. The van der Waals surface area contributed by atoms with Crippen molar-refractivity contribution in [1.82, 2.24) is 9.88 Å². The molecule has 1 aromatic carbocycles. The van der Waals surface area contributed by atoms with Gasteiger partial charge in [0.1, 0.15) is 0 Å². The number of benzene rings is 1. The lowest BCUT2D eigenvalue weighted by atomic mass is 9.72. The van der Waals surface area contributed by atoms with Crippen LogP contribution >= 0.6 is 0 Å². The molecule has 0 amide bonds. The van der Waals surface area contributed by atoms with E-state index >= 15 is 0 Å². The maximum absolute atomic E-state index is 11.4. The van der Waals surface area contributed by atoms with Gasteiger partial charge in [0, 0.05) is 35.1 Å². The van der Waals surface area contributed by atoms with Crippen LogP contribution < -0.4 is 0 Å². The Hall–Kier alpha value is -1.37. The SMILES string of the molecule is CCCN1CC(COS(C)(=O)=O)C[C@@H]2c3cccc4[nH]c(C)c(c34)C[C@H]21. The van der Waals surface area contributed by atoms with Gasteiger partial charge >= 0.3 is 0 Å². The molecule has 0 saturated carbocycles. The van der Waals surface area contributed by atoms with Crippen LogP contribution in [0.15, 0.2) is 18.2 Å². The number of nitrogens with zero attached hydrogens (tertiary/aromatic N) is 1. The molecule has 5 nitrogen and oxygen atoms in total. The van der Waals surface area contributed by atoms with Crippen molar-refractivity contribution in [2.24, 2.45) is 5.92 Å². The van der Waals surface area contributed by atoms with Crippen molar-refractivity contribution in [1.29, 1.82) is 0 Å². The number of rotatable bonds is 5. The fraction of sp³-hybridized carbons (Fsp3) is 0.600. The summed E-state index contributed by atoms with van der Waals surface area (Å²) in [5, 5.41) is 1.40. The summed E-state index contributed by atoms with van der Waals surface area (Å²) in [5.41, 5.74) is 5.39. The average Bonchev–Trinajstić information content (AvgIpc) is 2.90. The lowest BCUT2D eigenvalue weighted by Gasteiger charge is -2.47. The Balaban J connectivity index is 1.70. The van der Waals surface area contributed by atoms with E-state index in [1.165, 1.54) is 27.7 Å². The summed E-state index contributed by atoms with van der Waals surface area (Å²) in [5.74, 6) is 0.684. The number of fused-ring (bicyclic) bond motifs is 2. The van der Waals surface area contributed by atoms with Gasteiger partial charge in [-0.25, -0.2) is 0 Å². The fourth-order valence-corrected chi connectivity index (χ4v) is 5.49. The third kappa shape index (κ3) is 3.19. The molecule has 0 spiro atoms. The molecule has 2 heterocycles. The van der Waals surface area contributed by atoms with Crippen LogP contribution in [0, 0.1) is 12.8 Å². The van der Waals surface area contributed by atoms with Gasteiger partial charge in [-0.15, -0.1) is 0 Å². The quantitative estimate of drug-likeness (QED) is 0.814.